The molecule has 0 aromatic carbocycles. The summed E-state index contributed by atoms with van der Waals surface area (Å²) in [7, 11) is 0. The molecule has 0 spiro atoms. The Morgan fingerprint density at radius 3 is 2.00 bits per heavy atom. The third-order valence-corrected chi connectivity index (χ3v) is 4.85. The Morgan fingerprint density at radius 1 is 0.769 bits per heavy atom. The van der Waals surface area contributed by atoms with Crippen LogP contribution in [0.1, 0.15) is 51.4 Å². The largest absolute Gasteiger partial charge is 0.389 e. The molecule has 2 atom stereocenters. The molecule has 1 nitrogen and oxygen atoms in total. The van der Waals surface area contributed by atoms with E-state index >= 15 is 0 Å². The predicted molar refractivity (Wildman–Crippen MR) is 52.4 cm³/mol. The Kier molecular flexibility index (Phi) is 1.74. The topological polar surface area (TPSA) is 20.2 Å². The van der Waals surface area contributed by atoms with Crippen molar-refractivity contribution in [1.82, 2.24) is 0 Å². The van der Waals surface area contributed by atoms with E-state index in [4.69, 9.17) is 0 Å². The van der Waals surface area contributed by atoms with Crippen LogP contribution in [0, 0.1) is 17.8 Å². The van der Waals surface area contributed by atoms with Crippen molar-refractivity contribution in [1.29, 1.82) is 0 Å². The molecule has 0 heterocycles. The van der Waals surface area contributed by atoms with E-state index in [9.17, 15) is 5.11 Å². The lowest BCUT2D eigenvalue weighted by Gasteiger charge is -2.29. The van der Waals surface area contributed by atoms with Gasteiger partial charge in [-0.05, 0) is 43.4 Å². The number of hydrogen-bond donors (Lipinski definition) is 1. The van der Waals surface area contributed by atoms with Crippen LogP contribution in [-0.2, 0) is 0 Å². The highest BCUT2D eigenvalue weighted by Crippen LogP contribution is 2.65. The molecule has 0 aromatic rings. The van der Waals surface area contributed by atoms with Crippen LogP contribution < -0.4 is 0 Å². The second-order valence-corrected chi connectivity index (χ2v) is 5.37. The van der Waals surface area contributed by atoms with Gasteiger partial charge in [-0.1, -0.05) is 25.7 Å². The zero-order valence-corrected chi connectivity index (χ0v) is 8.34. The van der Waals surface area contributed by atoms with Crippen LogP contribution in [0.4, 0.5) is 0 Å². The van der Waals surface area contributed by atoms with E-state index in [0.717, 1.165) is 11.8 Å². The fourth-order valence-corrected chi connectivity index (χ4v) is 4.14. The van der Waals surface area contributed by atoms with Gasteiger partial charge in [0.25, 0.3) is 0 Å². The summed E-state index contributed by atoms with van der Waals surface area (Å²) in [5.74, 6) is 2.11. The van der Waals surface area contributed by atoms with Crippen LogP contribution in [-0.4, -0.2) is 10.7 Å². The molecule has 3 aliphatic rings. The number of aliphatic hydroxyl groups is 1. The van der Waals surface area contributed by atoms with Gasteiger partial charge in [0.1, 0.15) is 0 Å². The van der Waals surface area contributed by atoms with Crippen molar-refractivity contribution in [2.45, 2.75) is 57.0 Å². The molecule has 3 aliphatic carbocycles. The van der Waals surface area contributed by atoms with Gasteiger partial charge in [-0.15, -0.1) is 0 Å². The lowest BCUT2D eigenvalue weighted by molar-refractivity contribution is 0.0256. The third kappa shape index (κ3) is 1.03. The number of hydrogen-bond acceptors (Lipinski definition) is 1. The molecule has 2 unspecified atom stereocenters. The van der Waals surface area contributed by atoms with E-state index in [1.165, 1.54) is 51.4 Å². The Balaban J connectivity index is 1.71. The van der Waals surface area contributed by atoms with Gasteiger partial charge in [0.2, 0.25) is 0 Å². The maximum atomic E-state index is 10.5. The predicted octanol–water partition coefficient (Wildman–Crippen LogP) is 2.73. The molecule has 3 rings (SSSR count). The van der Waals surface area contributed by atoms with E-state index in [1.54, 1.807) is 0 Å². The maximum absolute atomic E-state index is 10.5. The van der Waals surface area contributed by atoms with Crippen molar-refractivity contribution in [3.8, 4) is 0 Å². The molecule has 74 valence electrons. The average Bonchev–Trinajstić information content (AvgIpc) is 2.62. The molecule has 1 N–H and O–H groups in total. The van der Waals surface area contributed by atoms with E-state index in [2.05, 4.69) is 0 Å². The minimum absolute atomic E-state index is 0.168. The minimum atomic E-state index is -0.168. The fourth-order valence-electron chi connectivity index (χ4n) is 4.14. The average molecular weight is 180 g/mol. The molecule has 0 aliphatic heterocycles. The zero-order chi connectivity index (χ0) is 8.89. The minimum Gasteiger partial charge on any atom is -0.389 e. The van der Waals surface area contributed by atoms with Crippen LogP contribution in [0.5, 0.6) is 0 Å². The lowest BCUT2D eigenvalue weighted by Crippen LogP contribution is -2.29. The van der Waals surface area contributed by atoms with E-state index in [-0.39, 0.29) is 5.60 Å². The van der Waals surface area contributed by atoms with Crippen LogP contribution in [0.15, 0.2) is 0 Å². The van der Waals surface area contributed by atoms with Gasteiger partial charge in [-0.2, -0.15) is 0 Å². The lowest BCUT2D eigenvalue weighted by atomic mass is 9.81. The van der Waals surface area contributed by atoms with Crippen molar-refractivity contribution in [2.75, 3.05) is 0 Å². The molecule has 0 saturated heterocycles. The monoisotopic (exact) mass is 180 g/mol. The van der Waals surface area contributed by atoms with Gasteiger partial charge >= 0.3 is 0 Å². The van der Waals surface area contributed by atoms with Crippen molar-refractivity contribution < 1.29 is 5.11 Å². The first-order valence-electron chi connectivity index (χ1n) is 6.06. The molecule has 3 saturated carbocycles. The first-order chi connectivity index (χ1) is 6.33. The van der Waals surface area contributed by atoms with Crippen molar-refractivity contribution in [3.63, 3.8) is 0 Å². The second kappa shape index (κ2) is 2.73. The molecule has 1 heteroatoms. The van der Waals surface area contributed by atoms with E-state index in [0.29, 0.717) is 5.92 Å². The summed E-state index contributed by atoms with van der Waals surface area (Å²) in [6.45, 7) is 0. The quantitative estimate of drug-likeness (QED) is 0.658. The molecule has 0 amide bonds. The highest BCUT2D eigenvalue weighted by Gasteiger charge is 2.68. The smallest absolute Gasteiger partial charge is 0.0739 e. The van der Waals surface area contributed by atoms with Crippen LogP contribution in [0.25, 0.3) is 0 Å². The molecule has 0 radical (unpaired) electrons. The summed E-state index contributed by atoms with van der Waals surface area (Å²) in [5.41, 5.74) is -0.168. The third-order valence-electron chi connectivity index (χ3n) is 4.85. The summed E-state index contributed by atoms with van der Waals surface area (Å²) in [6.07, 6.45) is 10.8. The van der Waals surface area contributed by atoms with Gasteiger partial charge in [0.05, 0.1) is 5.60 Å². The molecule has 3 fully saturated rings. The van der Waals surface area contributed by atoms with Crippen molar-refractivity contribution in [3.05, 3.63) is 0 Å². The van der Waals surface area contributed by atoms with Crippen LogP contribution >= 0.6 is 0 Å². The van der Waals surface area contributed by atoms with Gasteiger partial charge in [0, 0.05) is 0 Å². The van der Waals surface area contributed by atoms with Gasteiger partial charge in [-0.3, -0.25) is 0 Å². The molecule has 13 heavy (non-hydrogen) atoms. The van der Waals surface area contributed by atoms with Crippen LogP contribution in [0.2, 0.25) is 0 Å². The Morgan fingerprint density at radius 2 is 1.38 bits per heavy atom. The first kappa shape index (κ1) is 8.28. The summed E-state index contributed by atoms with van der Waals surface area (Å²) >= 11 is 0. The van der Waals surface area contributed by atoms with Crippen molar-refractivity contribution >= 4 is 0 Å². The Bertz CT molecular complexity index is 195. The van der Waals surface area contributed by atoms with Crippen LogP contribution in [0.3, 0.4) is 0 Å². The first-order valence-corrected chi connectivity index (χ1v) is 6.06. The Hall–Kier alpha value is -0.0400. The number of rotatable bonds is 1. The summed E-state index contributed by atoms with van der Waals surface area (Å²) in [5, 5.41) is 10.5. The van der Waals surface area contributed by atoms with E-state index < -0.39 is 0 Å². The summed E-state index contributed by atoms with van der Waals surface area (Å²) < 4.78 is 0. The summed E-state index contributed by atoms with van der Waals surface area (Å²) in [6, 6.07) is 0. The standard InChI is InChI=1S/C12H20O/c13-12(9-5-2-1-3-6-9)10-7-4-8-11(10)12/h9-11,13H,1-8H2. The zero-order valence-electron chi connectivity index (χ0n) is 8.34. The molecule has 0 aromatic heterocycles. The Labute approximate surface area is 80.5 Å². The van der Waals surface area contributed by atoms with Gasteiger partial charge in [-0.25, -0.2) is 0 Å². The van der Waals surface area contributed by atoms with Crippen molar-refractivity contribution in [2.24, 2.45) is 17.8 Å². The highest BCUT2D eigenvalue weighted by molar-refractivity contribution is 5.17. The van der Waals surface area contributed by atoms with Gasteiger partial charge in [0.15, 0.2) is 0 Å². The highest BCUT2D eigenvalue weighted by atomic mass is 16.3. The molecule has 0 bridgehead atoms. The maximum Gasteiger partial charge on any atom is 0.0739 e. The fraction of sp³-hybridized carbons (Fsp3) is 1.00. The molecular weight excluding hydrogens is 160 g/mol. The van der Waals surface area contributed by atoms with Gasteiger partial charge < -0.3 is 5.11 Å². The SMILES string of the molecule is OC1(C2CCCCC2)C2CCCC21. The summed E-state index contributed by atoms with van der Waals surface area (Å²) in [4.78, 5) is 0. The second-order valence-electron chi connectivity index (χ2n) is 5.37. The number of fused-ring (bicyclic) bond motifs is 1. The normalized spacial score (nSPS) is 50.5. The van der Waals surface area contributed by atoms with E-state index in [1.807, 2.05) is 0 Å². The molecular formula is C12H20O.